The van der Waals surface area contributed by atoms with Gasteiger partial charge >= 0.3 is 24.2 Å². The van der Waals surface area contributed by atoms with Gasteiger partial charge in [-0.1, -0.05) is 29.8 Å². The number of hydrogen-bond acceptors (Lipinski definition) is 3. The van der Waals surface area contributed by atoms with Crippen molar-refractivity contribution in [3.63, 3.8) is 0 Å². The van der Waals surface area contributed by atoms with E-state index in [1.807, 2.05) is 0 Å². The highest BCUT2D eigenvalue weighted by Crippen LogP contribution is 2.51. The Labute approximate surface area is 216 Å². The lowest BCUT2D eigenvalue weighted by atomic mass is 10.0. The topological polar surface area (TPSA) is 55.2 Å². The summed E-state index contributed by atoms with van der Waals surface area (Å²) in [6.45, 7) is 0.573. The van der Waals surface area contributed by atoms with Crippen LogP contribution in [-0.2, 0) is 18.4 Å². The van der Waals surface area contributed by atoms with Crippen molar-refractivity contribution in [2.45, 2.75) is 37.7 Å². The molecule has 1 aliphatic rings. The van der Waals surface area contributed by atoms with E-state index in [4.69, 9.17) is 11.6 Å². The Kier molecular flexibility index (Phi) is 6.52. The van der Waals surface area contributed by atoms with Crippen LogP contribution in [0, 0.1) is 6.92 Å². The van der Waals surface area contributed by atoms with Crippen molar-refractivity contribution < 1.29 is 53.5 Å². The minimum Gasteiger partial charge on any atom is -0.268 e. The van der Waals surface area contributed by atoms with Gasteiger partial charge in [0.25, 0.3) is 11.8 Å². The van der Waals surface area contributed by atoms with Gasteiger partial charge in [-0.15, -0.1) is 0 Å². The van der Waals surface area contributed by atoms with Gasteiger partial charge in [0.1, 0.15) is 0 Å². The molecule has 1 aromatic heterocycles. The van der Waals surface area contributed by atoms with Crippen molar-refractivity contribution in [1.29, 1.82) is 0 Å². The molecule has 16 heteroatoms. The fourth-order valence-corrected chi connectivity index (χ4v) is 4.22. The van der Waals surface area contributed by atoms with E-state index in [-0.39, 0.29) is 43.8 Å². The molecule has 0 spiro atoms. The van der Waals surface area contributed by atoms with Crippen LogP contribution in [-0.4, -0.2) is 33.9 Å². The number of aromatic nitrogens is 2. The van der Waals surface area contributed by atoms with E-state index in [9.17, 15) is 53.5 Å². The van der Waals surface area contributed by atoms with Gasteiger partial charge in [0.15, 0.2) is 5.69 Å². The third kappa shape index (κ3) is 4.51. The molecule has 2 aromatic carbocycles. The molecule has 0 bridgehead atoms. The molecule has 4 rings (SSSR count). The standard InChI is InChI=1S/C23H12ClF10N3O2/c1-10-7-11(5-6-15(10)37-18(38)12-3-2-4-14(24)16(12)19(37)39)8-36-9-13(20(25,26)22(29,30)31)17(35-36)21(27,28)23(32,33)34/h2-7,9H,8H2,1H3. The van der Waals surface area contributed by atoms with Crippen LogP contribution in [0.3, 0.4) is 0 Å². The maximum absolute atomic E-state index is 13.9. The van der Waals surface area contributed by atoms with Gasteiger partial charge in [-0.05, 0) is 36.2 Å². The van der Waals surface area contributed by atoms with Crippen molar-refractivity contribution in [2.75, 3.05) is 4.90 Å². The molecular formula is C23H12ClF10N3O2. The predicted molar refractivity (Wildman–Crippen MR) is 115 cm³/mol. The van der Waals surface area contributed by atoms with Gasteiger partial charge < -0.3 is 0 Å². The molecule has 2 amide bonds. The Morgan fingerprint density at radius 2 is 1.46 bits per heavy atom. The summed E-state index contributed by atoms with van der Waals surface area (Å²) in [5.74, 6) is -13.7. The van der Waals surface area contributed by atoms with E-state index in [1.54, 1.807) is 0 Å². The fourth-order valence-electron chi connectivity index (χ4n) is 3.97. The van der Waals surface area contributed by atoms with Crippen LogP contribution in [0.15, 0.2) is 42.6 Å². The highest BCUT2D eigenvalue weighted by Gasteiger charge is 2.67. The van der Waals surface area contributed by atoms with Gasteiger partial charge in [-0.2, -0.15) is 49.0 Å². The second kappa shape index (κ2) is 8.96. The number of nitrogens with zero attached hydrogens (tertiary/aromatic N) is 3. The Morgan fingerprint density at radius 1 is 0.846 bits per heavy atom. The van der Waals surface area contributed by atoms with Crippen LogP contribution in [0.25, 0.3) is 0 Å². The first kappa shape index (κ1) is 28.4. The molecule has 208 valence electrons. The molecule has 0 aliphatic carbocycles. The summed E-state index contributed by atoms with van der Waals surface area (Å²) in [5, 5.41) is 2.76. The van der Waals surface area contributed by atoms with E-state index < -0.39 is 53.8 Å². The molecule has 2 heterocycles. The molecular weight excluding hydrogens is 576 g/mol. The fraction of sp³-hybridized carbons (Fsp3) is 0.261. The van der Waals surface area contributed by atoms with Crippen molar-refractivity contribution >= 4 is 29.1 Å². The Bertz CT molecular complexity index is 1450. The van der Waals surface area contributed by atoms with E-state index in [0.717, 1.165) is 11.0 Å². The number of halogens is 11. The second-order valence-corrected chi connectivity index (χ2v) is 8.87. The molecule has 5 nitrogen and oxygen atoms in total. The third-order valence-corrected chi connectivity index (χ3v) is 6.14. The SMILES string of the molecule is Cc1cc(Cn2cc(C(F)(F)C(F)(F)F)c(C(F)(F)C(F)(F)F)n2)ccc1N1C(=O)c2cccc(Cl)c2C1=O. The molecule has 1 aliphatic heterocycles. The van der Waals surface area contributed by atoms with E-state index >= 15 is 0 Å². The third-order valence-electron chi connectivity index (χ3n) is 5.82. The number of benzene rings is 2. The van der Waals surface area contributed by atoms with Crippen LogP contribution in [0.1, 0.15) is 43.1 Å². The first-order valence-corrected chi connectivity index (χ1v) is 10.9. The molecule has 3 aromatic rings. The average Bonchev–Trinajstić information content (AvgIpc) is 3.34. The normalized spacial score (nSPS) is 14.8. The lowest BCUT2D eigenvalue weighted by Crippen LogP contribution is -2.40. The molecule has 0 radical (unpaired) electrons. The van der Waals surface area contributed by atoms with Crippen molar-refractivity contribution in [3.05, 3.63) is 81.1 Å². The average molecular weight is 588 g/mol. The van der Waals surface area contributed by atoms with E-state index in [0.29, 0.717) is 0 Å². The van der Waals surface area contributed by atoms with Crippen molar-refractivity contribution in [1.82, 2.24) is 9.78 Å². The van der Waals surface area contributed by atoms with Gasteiger partial charge in [0, 0.05) is 6.20 Å². The van der Waals surface area contributed by atoms with Gasteiger partial charge in [0.2, 0.25) is 0 Å². The number of anilines is 1. The zero-order valence-corrected chi connectivity index (χ0v) is 19.8. The van der Waals surface area contributed by atoms with E-state index in [1.165, 1.54) is 37.3 Å². The number of fused-ring (bicyclic) bond motifs is 1. The van der Waals surface area contributed by atoms with Gasteiger partial charge in [-0.3, -0.25) is 14.3 Å². The van der Waals surface area contributed by atoms with Gasteiger partial charge in [-0.25, -0.2) is 4.90 Å². The molecule has 39 heavy (non-hydrogen) atoms. The molecule has 0 N–H and O–H groups in total. The molecule has 0 unspecified atom stereocenters. The van der Waals surface area contributed by atoms with Crippen LogP contribution in [0.4, 0.5) is 49.6 Å². The maximum Gasteiger partial charge on any atom is 0.459 e. The Morgan fingerprint density at radius 3 is 2.00 bits per heavy atom. The Balaban J connectivity index is 1.71. The molecule has 0 saturated heterocycles. The second-order valence-electron chi connectivity index (χ2n) is 8.46. The number of alkyl halides is 10. The zero-order valence-electron chi connectivity index (χ0n) is 19.1. The summed E-state index contributed by atoms with van der Waals surface area (Å²) < 4.78 is 133. The van der Waals surface area contributed by atoms with Crippen LogP contribution in [0.5, 0.6) is 0 Å². The summed E-state index contributed by atoms with van der Waals surface area (Å²) in [4.78, 5) is 26.4. The minimum atomic E-state index is -6.52. The van der Waals surface area contributed by atoms with Crippen molar-refractivity contribution in [2.24, 2.45) is 0 Å². The van der Waals surface area contributed by atoms with Crippen LogP contribution in [0.2, 0.25) is 5.02 Å². The molecule has 0 atom stereocenters. The lowest BCUT2D eigenvalue weighted by molar-refractivity contribution is -0.302. The predicted octanol–water partition coefficient (Wildman–Crippen LogP) is 7.00. The molecule has 0 fully saturated rings. The van der Waals surface area contributed by atoms with Crippen LogP contribution < -0.4 is 4.90 Å². The zero-order chi connectivity index (χ0) is 29.3. The summed E-state index contributed by atoms with van der Waals surface area (Å²) in [5.41, 5.74) is -5.27. The highest BCUT2D eigenvalue weighted by atomic mass is 35.5. The number of rotatable bonds is 5. The Hall–Kier alpha value is -3.62. The minimum absolute atomic E-state index is 0.00265. The van der Waals surface area contributed by atoms with Crippen molar-refractivity contribution in [3.8, 4) is 0 Å². The van der Waals surface area contributed by atoms with Crippen LogP contribution >= 0.6 is 11.6 Å². The number of amides is 2. The summed E-state index contributed by atoms with van der Waals surface area (Å²) in [6.07, 6.45) is -13.3. The number of carbonyl (C=O) groups is 2. The van der Waals surface area contributed by atoms with E-state index in [2.05, 4.69) is 5.10 Å². The summed E-state index contributed by atoms with van der Waals surface area (Å²) in [6, 6.07) is 7.76. The largest absolute Gasteiger partial charge is 0.459 e. The smallest absolute Gasteiger partial charge is 0.268 e. The summed E-state index contributed by atoms with van der Waals surface area (Å²) >= 11 is 6.02. The quantitative estimate of drug-likeness (QED) is 0.239. The first-order valence-electron chi connectivity index (χ1n) is 10.5. The number of hydrogen-bond donors (Lipinski definition) is 0. The molecule has 0 saturated carbocycles. The maximum atomic E-state index is 13.9. The number of aryl methyl sites for hydroxylation is 1. The lowest BCUT2D eigenvalue weighted by Gasteiger charge is -2.23. The summed E-state index contributed by atoms with van der Waals surface area (Å²) in [7, 11) is 0. The monoisotopic (exact) mass is 587 g/mol. The first-order chi connectivity index (χ1) is 17.8. The van der Waals surface area contributed by atoms with Gasteiger partial charge in [0.05, 0.1) is 33.9 Å². The highest BCUT2D eigenvalue weighted by molar-refractivity contribution is 6.42. The number of imide groups is 1. The number of carbonyl (C=O) groups excluding carboxylic acids is 2.